The molecule has 25 heavy (non-hydrogen) atoms. The van der Waals surface area contributed by atoms with E-state index in [4.69, 9.17) is 11.5 Å². The van der Waals surface area contributed by atoms with Crippen molar-refractivity contribution in [3.05, 3.63) is 35.1 Å². The Balaban J connectivity index is 2.63. The maximum absolute atomic E-state index is 14.2. The fraction of sp³-hybridized carbons (Fsp3) is 0.333. The Hall–Kier alpha value is -2.83. The third-order valence-corrected chi connectivity index (χ3v) is 3.53. The van der Waals surface area contributed by atoms with E-state index in [0.29, 0.717) is 0 Å². The van der Waals surface area contributed by atoms with Crippen molar-refractivity contribution in [2.24, 2.45) is 4.99 Å². The SMILES string of the molecule is C#Cc1ccc(F)c([C@]2(CF)C[C@@H](C(F)(F)F)OC(NC(=O)O)=N2)c1. The van der Waals surface area contributed by atoms with Crippen molar-refractivity contribution in [3.63, 3.8) is 0 Å². The second-order valence-electron chi connectivity index (χ2n) is 5.20. The fourth-order valence-corrected chi connectivity index (χ4v) is 2.38. The highest BCUT2D eigenvalue weighted by molar-refractivity contribution is 5.90. The van der Waals surface area contributed by atoms with Gasteiger partial charge in [0.15, 0.2) is 6.10 Å². The average molecular weight is 362 g/mol. The first-order valence-electron chi connectivity index (χ1n) is 6.77. The number of alkyl halides is 4. The fourth-order valence-electron chi connectivity index (χ4n) is 2.38. The molecule has 0 aliphatic carbocycles. The first kappa shape index (κ1) is 18.5. The summed E-state index contributed by atoms with van der Waals surface area (Å²) in [6.07, 6.45) is -5.22. The van der Waals surface area contributed by atoms with E-state index in [1.165, 1.54) is 11.4 Å². The van der Waals surface area contributed by atoms with Gasteiger partial charge in [0.05, 0.1) is 0 Å². The van der Waals surface area contributed by atoms with E-state index in [2.05, 4.69) is 15.6 Å². The Morgan fingerprint density at radius 2 is 2.20 bits per heavy atom. The van der Waals surface area contributed by atoms with Crippen LogP contribution >= 0.6 is 0 Å². The summed E-state index contributed by atoms with van der Waals surface area (Å²) in [7, 11) is 0. The quantitative estimate of drug-likeness (QED) is 0.628. The van der Waals surface area contributed by atoms with Gasteiger partial charge in [-0.3, -0.25) is 0 Å². The Morgan fingerprint density at radius 3 is 2.72 bits per heavy atom. The van der Waals surface area contributed by atoms with E-state index in [9.17, 15) is 26.7 Å². The number of amides is 1. The van der Waals surface area contributed by atoms with Crippen LogP contribution in [0.3, 0.4) is 0 Å². The van der Waals surface area contributed by atoms with E-state index in [0.717, 1.165) is 12.1 Å². The van der Waals surface area contributed by atoms with Gasteiger partial charge < -0.3 is 9.84 Å². The van der Waals surface area contributed by atoms with Gasteiger partial charge in [0.2, 0.25) is 0 Å². The number of hydrogen-bond donors (Lipinski definition) is 2. The normalized spacial score (nSPS) is 23.2. The Kier molecular flexibility index (Phi) is 4.87. The standard InChI is InChI=1S/C15H11F5N2O3/c1-2-8-3-4-10(17)9(5-8)14(7-16)6-11(15(18,19)20)25-12(22-14)21-13(23)24/h1,3-5,11H,6-7H2,(H,21,22)(H,23,24)/t11-,14+/m0/s1. The number of nitrogens with zero attached hydrogens (tertiary/aromatic N) is 1. The van der Waals surface area contributed by atoms with Crippen LogP contribution in [0.5, 0.6) is 0 Å². The van der Waals surface area contributed by atoms with E-state index >= 15 is 0 Å². The molecule has 1 aromatic rings. The smallest absolute Gasteiger partial charge is 0.425 e. The summed E-state index contributed by atoms with van der Waals surface area (Å²) in [6, 6.07) is 1.98. The minimum Gasteiger partial charge on any atom is -0.465 e. The number of halogens is 5. The van der Waals surface area contributed by atoms with E-state index in [-0.39, 0.29) is 5.56 Å². The Labute approximate surface area is 138 Å². The monoisotopic (exact) mass is 362 g/mol. The van der Waals surface area contributed by atoms with Crippen molar-refractivity contribution >= 4 is 12.1 Å². The molecule has 10 heteroatoms. The lowest BCUT2D eigenvalue weighted by atomic mass is 9.84. The number of aliphatic imine (C=N–C) groups is 1. The molecule has 0 radical (unpaired) electrons. The largest absolute Gasteiger partial charge is 0.465 e. The lowest BCUT2D eigenvalue weighted by Gasteiger charge is -2.37. The molecule has 2 N–H and O–H groups in total. The van der Waals surface area contributed by atoms with Crippen LogP contribution in [-0.2, 0) is 10.3 Å². The van der Waals surface area contributed by atoms with Crippen molar-refractivity contribution in [1.82, 2.24) is 5.32 Å². The number of benzene rings is 1. The van der Waals surface area contributed by atoms with Crippen molar-refractivity contribution < 1.29 is 36.6 Å². The summed E-state index contributed by atoms with van der Waals surface area (Å²) in [5.74, 6) is 1.13. The topological polar surface area (TPSA) is 70.9 Å². The predicted octanol–water partition coefficient (Wildman–Crippen LogP) is 2.95. The molecule has 0 saturated heterocycles. The molecule has 0 saturated carbocycles. The molecule has 0 aromatic heterocycles. The molecule has 0 unspecified atom stereocenters. The number of rotatable bonds is 2. The van der Waals surface area contributed by atoms with E-state index in [1.54, 1.807) is 0 Å². The van der Waals surface area contributed by atoms with Gasteiger partial charge >= 0.3 is 12.3 Å². The van der Waals surface area contributed by atoms with E-state index < -0.39 is 54.4 Å². The summed E-state index contributed by atoms with van der Waals surface area (Å²) in [5.41, 5.74) is -2.76. The second-order valence-corrected chi connectivity index (χ2v) is 5.20. The van der Waals surface area contributed by atoms with Crippen molar-refractivity contribution in [2.75, 3.05) is 6.67 Å². The van der Waals surface area contributed by atoms with Crippen LogP contribution in [0.15, 0.2) is 23.2 Å². The zero-order chi connectivity index (χ0) is 18.8. The number of carboxylic acid groups (broad SMARTS) is 1. The number of carbonyl (C=O) groups is 1. The van der Waals surface area contributed by atoms with Gasteiger partial charge in [-0.1, -0.05) is 5.92 Å². The molecule has 2 rings (SSSR count). The summed E-state index contributed by atoms with van der Waals surface area (Å²) >= 11 is 0. The number of ether oxygens (including phenoxy) is 1. The van der Waals surface area contributed by atoms with Gasteiger partial charge in [-0.05, 0) is 18.2 Å². The molecule has 1 aliphatic heterocycles. The molecule has 1 aromatic carbocycles. The van der Waals surface area contributed by atoms with Crippen LogP contribution in [0, 0.1) is 18.2 Å². The van der Waals surface area contributed by atoms with Crippen LogP contribution < -0.4 is 5.32 Å². The maximum atomic E-state index is 14.2. The number of terminal acetylenes is 1. The molecule has 2 atom stereocenters. The van der Waals surface area contributed by atoms with E-state index in [1.807, 2.05) is 0 Å². The summed E-state index contributed by atoms with van der Waals surface area (Å²) in [5, 5.41) is 10.2. The van der Waals surface area contributed by atoms with Crippen molar-refractivity contribution in [2.45, 2.75) is 24.2 Å². The van der Waals surface area contributed by atoms with Gasteiger partial charge in [-0.2, -0.15) is 13.2 Å². The minimum absolute atomic E-state index is 0.0993. The summed E-state index contributed by atoms with van der Waals surface area (Å²) in [6.45, 7) is -1.53. The van der Waals surface area contributed by atoms with Gasteiger partial charge in [0, 0.05) is 17.5 Å². The highest BCUT2D eigenvalue weighted by Gasteiger charge is 2.52. The first-order valence-corrected chi connectivity index (χ1v) is 6.77. The van der Waals surface area contributed by atoms with Crippen LogP contribution in [0.2, 0.25) is 0 Å². The highest BCUT2D eigenvalue weighted by Crippen LogP contribution is 2.41. The minimum atomic E-state index is -4.96. The molecule has 0 fully saturated rings. The number of amidine groups is 1. The zero-order valence-electron chi connectivity index (χ0n) is 12.4. The summed E-state index contributed by atoms with van der Waals surface area (Å²) in [4.78, 5) is 14.2. The zero-order valence-corrected chi connectivity index (χ0v) is 12.4. The first-order chi connectivity index (χ1) is 11.6. The third kappa shape index (κ3) is 3.81. The molecular weight excluding hydrogens is 351 g/mol. The van der Waals surface area contributed by atoms with Gasteiger partial charge in [-0.15, -0.1) is 6.42 Å². The molecule has 1 aliphatic rings. The lowest BCUT2D eigenvalue weighted by Crippen LogP contribution is -2.50. The number of hydrogen-bond acceptors (Lipinski definition) is 3. The van der Waals surface area contributed by atoms with Gasteiger partial charge in [0.25, 0.3) is 6.02 Å². The second kappa shape index (κ2) is 6.58. The maximum Gasteiger partial charge on any atom is 0.425 e. The lowest BCUT2D eigenvalue weighted by molar-refractivity contribution is -0.209. The van der Waals surface area contributed by atoms with Crippen LogP contribution in [-0.4, -0.2) is 36.2 Å². The van der Waals surface area contributed by atoms with Gasteiger partial charge in [-0.25, -0.2) is 23.9 Å². The van der Waals surface area contributed by atoms with Crippen LogP contribution in [0.1, 0.15) is 17.5 Å². The highest BCUT2D eigenvalue weighted by atomic mass is 19.4. The van der Waals surface area contributed by atoms with Crippen LogP contribution in [0.4, 0.5) is 26.7 Å². The Morgan fingerprint density at radius 1 is 1.52 bits per heavy atom. The third-order valence-electron chi connectivity index (χ3n) is 3.53. The Bertz CT molecular complexity index is 757. The molecule has 1 amide bonds. The molecule has 134 valence electrons. The summed E-state index contributed by atoms with van der Waals surface area (Å²) < 4.78 is 71.7. The predicted molar refractivity (Wildman–Crippen MR) is 76.1 cm³/mol. The number of nitrogens with one attached hydrogen (secondary N) is 1. The van der Waals surface area contributed by atoms with Crippen molar-refractivity contribution in [3.8, 4) is 12.3 Å². The van der Waals surface area contributed by atoms with Crippen LogP contribution in [0.25, 0.3) is 0 Å². The average Bonchev–Trinajstić information content (AvgIpc) is 2.53. The van der Waals surface area contributed by atoms with Gasteiger partial charge in [0.1, 0.15) is 18.0 Å². The molecule has 1 heterocycles. The molecule has 5 nitrogen and oxygen atoms in total. The molecule has 0 spiro atoms. The molecule has 0 bridgehead atoms. The molecular formula is C15H11F5N2O3. The van der Waals surface area contributed by atoms with Crippen molar-refractivity contribution in [1.29, 1.82) is 0 Å².